The van der Waals surface area contributed by atoms with Crippen LogP contribution in [0.1, 0.15) is 12.5 Å². The van der Waals surface area contributed by atoms with Crippen LogP contribution in [0.15, 0.2) is 52.6 Å². The van der Waals surface area contributed by atoms with Crippen LogP contribution in [0, 0.1) is 0 Å². The number of benzene rings is 2. The highest BCUT2D eigenvalue weighted by molar-refractivity contribution is 7.16. The highest BCUT2D eigenvalue weighted by Crippen LogP contribution is 2.38. The van der Waals surface area contributed by atoms with Gasteiger partial charge in [0.1, 0.15) is 5.69 Å². The zero-order valence-corrected chi connectivity index (χ0v) is 13.6. The molecule has 1 unspecified atom stereocenters. The summed E-state index contributed by atoms with van der Waals surface area (Å²) in [6.45, 7) is 2.16. The van der Waals surface area contributed by atoms with E-state index in [1.54, 1.807) is 17.4 Å². The standard InChI is InChI=1S/C18H14ClNOS/c1-11-8-12-4-2-3-5-15(12)20(11)16-10-22-17-7-6-13(19)9-14(17)18(16)21/h2-7,9-11H,8H2,1H3. The summed E-state index contributed by atoms with van der Waals surface area (Å²) in [5.74, 6) is 0. The minimum Gasteiger partial charge on any atom is -0.334 e. The molecule has 0 saturated carbocycles. The van der Waals surface area contributed by atoms with Gasteiger partial charge in [0.05, 0.1) is 0 Å². The van der Waals surface area contributed by atoms with E-state index in [-0.39, 0.29) is 11.5 Å². The highest BCUT2D eigenvalue weighted by atomic mass is 35.5. The summed E-state index contributed by atoms with van der Waals surface area (Å²) in [4.78, 5) is 15.1. The van der Waals surface area contributed by atoms with Crippen LogP contribution in [0.5, 0.6) is 0 Å². The topological polar surface area (TPSA) is 20.3 Å². The summed E-state index contributed by atoms with van der Waals surface area (Å²) >= 11 is 7.65. The van der Waals surface area contributed by atoms with Gasteiger partial charge in [0.2, 0.25) is 5.43 Å². The van der Waals surface area contributed by atoms with Crippen molar-refractivity contribution < 1.29 is 0 Å². The van der Waals surface area contributed by atoms with Gasteiger partial charge in [-0.2, -0.15) is 0 Å². The Kier molecular flexibility index (Phi) is 3.21. The van der Waals surface area contributed by atoms with Crippen molar-refractivity contribution in [1.29, 1.82) is 0 Å². The van der Waals surface area contributed by atoms with Crippen LogP contribution < -0.4 is 10.3 Å². The fraction of sp³-hybridized carbons (Fsp3) is 0.167. The zero-order chi connectivity index (χ0) is 15.3. The molecule has 0 fully saturated rings. The molecule has 1 aliphatic rings. The third-order valence-corrected chi connectivity index (χ3v) is 5.37. The molecule has 2 aromatic carbocycles. The van der Waals surface area contributed by atoms with Crippen LogP contribution in [-0.2, 0) is 6.42 Å². The largest absolute Gasteiger partial charge is 0.334 e. The van der Waals surface area contributed by atoms with E-state index in [4.69, 9.17) is 11.6 Å². The first-order valence-electron chi connectivity index (χ1n) is 7.23. The van der Waals surface area contributed by atoms with Gasteiger partial charge >= 0.3 is 0 Å². The quantitative estimate of drug-likeness (QED) is 0.627. The first-order valence-corrected chi connectivity index (χ1v) is 8.49. The van der Waals surface area contributed by atoms with E-state index < -0.39 is 0 Å². The van der Waals surface area contributed by atoms with E-state index in [0.717, 1.165) is 22.5 Å². The first kappa shape index (κ1) is 13.8. The van der Waals surface area contributed by atoms with Gasteiger partial charge in [0.25, 0.3) is 0 Å². The Morgan fingerprint density at radius 1 is 1.18 bits per heavy atom. The van der Waals surface area contributed by atoms with Crippen molar-refractivity contribution in [3.8, 4) is 0 Å². The summed E-state index contributed by atoms with van der Waals surface area (Å²) in [5, 5.41) is 3.27. The van der Waals surface area contributed by atoms with Gasteiger partial charge in [-0.15, -0.1) is 11.3 Å². The van der Waals surface area contributed by atoms with Gasteiger partial charge in [-0.05, 0) is 43.2 Å². The molecule has 0 bridgehead atoms. The maximum atomic E-state index is 12.9. The number of nitrogens with zero attached hydrogens (tertiary/aromatic N) is 1. The predicted octanol–water partition coefficient (Wildman–Crippen LogP) is 5.00. The minimum absolute atomic E-state index is 0.0554. The van der Waals surface area contributed by atoms with Crippen molar-refractivity contribution in [2.24, 2.45) is 0 Å². The zero-order valence-electron chi connectivity index (χ0n) is 12.0. The number of para-hydroxylation sites is 1. The van der Waals surface area contributed by atoms with Crippen LogP contribution in [-0.4, -0.2) is 6.04 Å². The van der Waals surface area contributed by atoms with Gasteiger partial charge in [0, 0.05) is 32.2 Å². The maximum Gasteiger partial charge on any atom is 0.211 e. The van der Waals surface area contributed by atoms with Crippen LogP contribution in [0.2, 0.25) is 5.02 Å². The molecule has 2 heterocycles. The first-order chi connectivity index (χ1) is 10.6. The number of halogens is 1. The Labute approximate surface area is 137 Å². The van der Waals surface area contributed by atoms with Crippen molar-refractivity contribution in [2.45, 2.75) is 19.4 Å². The smallest absolute Gasteiger partial charge is 0.211 e. The molecule has 0 saturated heterocycles. The van der Waals surface area contributed by atoms with E-state index in [2.05, 4.69) is 30.0 Å². The number of rotatable bonds is 1. The molecular formula is C18H14ClNOS. The summed E-state index contributed by atoms with van der Waals surface area (Å²) in [6.07, 6.45) is 0.966. The lowest BCUT2D eigenvalue weighted by Gasteiger charge is -2.24. The maximum absolute atomic E-state index is 12.9. The van der Waals surface area contributed by atoms with Gasteiger partial charge < -0.3 is 4.90 Å². The molecule has 4 heteroatoms. The molecule has 110 valence electrons. The Bertz CT molecular complexity index is 934. The van der Waals surface area contributed by atoms with Gasteiger partial charge in [-0.1, -0.05) is 29.8 Å². The Balaban J connectivity index is 1.95. The third-order valence-electron chi connectivity index (χ3n) is 4.18. The normalized spacial score (nSPS) is 17.0. The number of anilines is 2. The average Bonchev–Trinajstić information content (AvgIpc) is 2.84. The van der Waals surface area contributed by atoms with Crippen LogP contribution in [0.25, 0.3) is 10.1 Å². The van der Waals surface area contributed by atoms with Gasteiger partial charge in [0.15, 0.2) is 0 Å². The third kappa shape index (κ3) is 2.04. The molecule has 1 atom stereocenters. The monoisotopic (exact) mass is 327 g/mol. The van der Waals surface area contributed by atoms with Crippen molar-refractivity contribution in [3.63, 3.8) is 0 Å². The predicted molar refractivity (Wildman–Crippen MR) is 94.9 cm³/mol. The minimum atomic E-state index is 0.0554. The number of fused-ring (bicyclic) bond motifs is 2. The molecule has 22 heavy (non-hydrogen) atoms. The SMILES string of the molecule is CC1Cc2ccccc2N1c1csc2ccc(Cl)cc2c1=O. The van der Waals surface area contributed by atoms with E-state index >= 15 is 0 Å². The van der Waals surface area contributed by atoms with Gasteiger partial charge in [-0.25, -0.2) is 0 Å². The Morgan fingerprint density at radius 2 is 2.00 bits per heavy atom. The van der Waals surface area contributed by atoms with Crippen LogP contribution in [0.3, 0.4) is 0 Å². The fourth-order valence-corrected chi connectivity index (χ4v) is 4.25. The second-order valence-electron chi connectivity index (χ2n) is 5.64. The van der Waals surface area contributed by atoms with Crippen LogP contribution in [0.4, 0.5) is 11.4 Å². The molecule has 0 spiro atoms. The van der Waals surface area contributed by atoms with E-state index in [1.807, 2.05) is 23.6 Å². The van der Waals surface area contributed by atoms with Gasteiger partial charge in [-0.3, -0.25) is 4.79 Å². The average molecular weight is 328 g/mol. The second-order valence-corrected chi connectivity index (χ2v) is 6.99. The molecule has 1 aliphatic heterocycles. The van der Waals surface area contributed by atoms with Crippen molar-refractivity contribution >= 4 is 44.4 Å². The molecule has 1 aromatic heterocycles. The molecule has 0 aliphatic carbocycles. The molecule has 0 amide bonds. The molecule has 4 rings (SSSR count). The number of hydrogen-bond donors (Lipinski definition) is 0. The molecule has 0 radical (unpaired) electrons. The lowest BCUT2D eigenvalue weighted by atomic mass is 10.1. The van der Waals surface area contributed by atoms with Crippen molar-refractivity contribution in [1.82, 2.24) is 0 Å². The lowest BCUT2D eigenvalue weighted by molar-refractivity contribution is 0.758. The molecule has 3 aromatic rings. The summed E-state index contributed by atoms with van der Waals surface area (Å²) in [6, 6.07) is 14.1. The van der Waals surface area contributed by atoms with Crippen LogP contribution >= 0.6 is 22.9 Å². The summed E-state index contributed by atoms with van der Waals surface area (Å²) in [5.41, 5.74) is 3.24. The summed E-state index contributed by atoms with van der Waals surface area (Å²) < 4.78 is 0.971. The molecule has 0 N–H and O–H groups in total. The summed E-state index contributed by atoms with van der Waals surface area (Å²) in [7, 11) is 0. The van der Waals surface area contributed by atoms with E-state index in [1.165, 1.54) is 5.56 Å². The van der Waals surface area contributed by atoms with E-state index in [9.17, 15) is 4.79 Å². The highest BCUT2D eigenvalue weighted by Gasteiger charge is 2.28. The molecule has 2 nitrogen and oxygen atoms in total. The van der Waals surface area contributed by atoms with E-state index in [0.29, 0.717) is 10.4 Å². The second kappa shape index (κ2) is 5.11. The fourth-order valence-electron chi connectivity index (χ4n) is 3.19. The molecular weight excluding hydrogens is 314 g/mol. The van der Waals surface area contributed by atoms with Crippen molar-refractivity contribution in [2.75, 3.05) is 4.90 Å². The number of hydrogen-bond acceptors (Lipinski definition) is 3. The Hall–Kier alpha value is -1.84. The van der Waals surface area contributed by atoms with Crippen molar-refractivity contribution in [3.05, 3.63) is 68.7 Å². The lowest BCUT2D eigenvalue weighted by Crippen LogP contribution is -2.28. The Morgan fingerprint density at radius 3 is 2.86 bits per heavy atom.